The highest BCUT2D eigenvalue weighted by molar-refractivity contribution is 6.17. The van der Waals surface area contributed by atoms with Crippen LogP contribution in [0.1, 0.15) is 45.0 Å². The van der Waals surface area contributed by atoms with Crippen molar-refractivity contribution in [1.29, 1.82) is 0 Å². The van der Waals surface area contributed by atoms with Crippen LogP contribution in [-0.4, -0.2) is 38.6 Å². The third kappa shape index (κ3) is 3.45. The Labute approximate surface area is 114 Å². The van der Waals surface area contributed by atoms with Gasteiger partial charge in [-0.15, -0.1) is 11.6 Å². The molecule has 0 bridgehead atoms. The number of hydrogen-bond acceptors (Lipinski definition) is 3. The molecule has 1 atom stereocenters. The van der Waals surface area contributed by atoms with Crippen molar-refractivity contribution in [3.8, 4) is 0 Å². The summed E-state index contributed by atoms with van der Waals surface area (Å²) < 4.78 is 2.02. The van der Waals surface area contributed by atoms with E-state index in [2.05, 4.69) is 28.8 Å². The molecule has 0 N–H and O–H groups in total. The Balaban J connectivity index is 1.94. The highest BCUT2D eigenvalue weighted by Gasteiger charge is 2.21. The Kier molecular flexibility index (Phi) is 5.01. The molecule has 1 fully saturated rings. The normalized spacial score (nSPS) is 21.7. The Morgan fingerprint density at radius 2 is 2.33 bits per heavy atom. The molecule has 0 saturated carbocycles. The molecule has 0 aromatic carbocycles. The number of rotatable bonds is 5. The second-order valence-corrected chi connectivity index (χ2v) is 5.81. The zero-order valence-electron chi connectivity index (χ0n) is 11.3. The van der Waals surface area contributed by atoms with E-state index in [4.69, 9.17) is 11.6 Å². The van der Waals surface area contributed by atoms with Crippen molar-refractivity contribution >= 4 is 11.6 Å². The molecule has 1 aromatic rings. The molecule has 102 valence electrons. The summed E-state index contributed by atoms with van der Waals surface area (Å²) in [5.41, 5.74) is 0. The van der Waals surface area contributed by atoms with Crippen molar-refractivity contribution in [2.75, 3.05) is 19.0 Å². The van der Waals surface area contributed by atoms with Gasteiger partial charge < -0.3 is 0 Å². The summed E-state index contributed by atoms with van der Waals surface area (Å²) in [4.78, 5) is 6.88. The standard InChI is InChI=1S/C13H23ClN4/c1-11(2)18-13(15-10-16-18)9-17-7-3-4-12(8-17)5-6-14/h10-12H,3-9H2,1-2H3. The van der Waals surface area contributed by atoms with Crippen LogP contribution >= 0.6 is 11.6 Å². The Hall–Kier alpha value is -0.610. The highest BCUT2D eigenvalue weighted by atomic mass is 35.5. The first-order valence-corrected chi connectivity index (χ1v) is 7.41. The lowest BCUT2D eigenvalue weighted by Gasteiger charge is -2.32. The van der Waals surface area contributed by atoms with Gasteiger partial charge in [-0.1, -0.05) is 0 Å². The summed E-state index contributed by atoms with van der Waals surface area (Å²) in [5, 5.41) is 4.29. The average molecular weight is 271 g/mol. The molecule has 4 nitrogen and oxygen atoms in total. The highest BCUT2D eigenvalue weighted by Crippen LogP contribution is 2.21. The number of alkyl halides is 1. The summed E-state index contributed by atoms with van der Waals surface area (Å²) in [6, 6.07) is 0.380. The van der Waals surface area contributed by atoms with Gasteiger partial charge in [-0.2, -0.15) is 5.10 Å². The largest absolute Gasteiger partial charge is 0.296 e. The molecule has 1 saturated heterocycles. The molecule has 1 unspecified atom stereocenters. The van der Waals surface area contributed by atoms with E-state index in [1.54, 1.807) is 6.33 Å². The minimum absolute atomic E-state index is 0.380. The maximum atomic E-state index is 5.85. The van der Waals surface area contributed by atoms with Gasteiger partial charge in [0.25, 0.3) is 0 Å². The molecule has 1 aromatic heterocycles. The van der Waals surface area contributed by atoms with E-state index in [1.165, 1.54) is 19.4 Å². The first kappa shape index (κ1) is 13.8. The van der Waals surface area contributed by atoms with Crippen LogP contribution in [0.5, 0.6) is 0 Å². The smallest absolute Gasteiger partial charge is 0.141 e. The van der Waals surface area contributed by atoms with E-state index in [-0.39, 0.29) is 0 Å². The second kappa shape index (κ2) is 6.53. The van der Waals surface area contributed by atoms with Crippen LogP contribution in [0, 0.1) is 5.92 Å². The van der Waals surface area contributed by atoms with E-state index in [0.717, 1.165) is 37.1 Å². The van der Waals surface area contributed by atoms with Crippen LogP contribution in [0.3, 0.4) is 0 Å². The third-order valence-corrected chi connectivity index (χ3v) is 3.84. The summed E-state index contributed by atoms with van der Waals surface area (Å²) in [6.45, 7) is 7.52. The van der Waals surface area contributed by atoms with Gasteiger partial charge in [0, 0.05) is 18.5 Å². The van der Waals surface area contributed by atoms with Crippen molar-refractivity contribution in [2.45, 2.75) is 45.7 Å². The Bertz CT molecular complexity index is 362. The van der Waals surface area contributed by atoms with Gasteiger partial charge in [0.1, 0.15) is 12.2 Å². The zero-order valence-corrected chi connectivity index (χ0v) is 12.1. The zero-order chi connectivity index (χ0) is 13.0. The van der Waals surface area contributed by atoms with Crippen molar-refractivity contribution in [3.63, 3.8) is 0 Å². The number of nitrogens with zero attached hydrogens (tertiary/aromatic N) is 4. The molecule has 0 radical (unpaired) electrons. The molecule has 0 amide bonds. The average Bonchev–Trinajstić information content (AvgIpc) is 2.78. The molecule has 1 aliphatic heterocycles. The molecule has 5 heteroatoms. The fraction of sp³-hybridized carbons (Fsp3) is 0.846. The van der Waals surface area contributed by atoms with Gasteiger partial charge in [0.15, 0.2) is 0 Å². The number of aromatic nitrogens is 3. The quantitative estimate of drug-likeness (QED) is 0.772. The number of likely N-dealkylation sites (tertiary alicyclic amines) is 1. The van der Waals surface area contributed by atoms with Gasteiger partial charge in [0.2, 0.25) is 0 Å². The van der Waals surface area contributed by atoms with Crippen LogP contribution < -0.4 is 0 Å². The lowest BCUT2D eigenvalue weighted by atomic mass is 9.95. The summed E-state index contributed by atoms with van der Waals surface area (Å²) in [5.74, 6) is 2.61. The van der Waals surface area contributed by atoms with Gasteiger partial charge >= 0.3 is 0 Å². The number of hydrogen-bond donors (Lipinski definition) is 0. The molecule has 2 heterocycles. The Morgan fingerprint density at radius 1 is 1.50 bits per heavy atom. The van der Waals surface area contributed by atoms with Crippen LogP contribution in [-0.2, 0) is 6.54 Å². The summed E-state index contributed by atoms with van der Waals surface area (Å²) in [7, 11) is 0. The van der Waals surface area contributed by atoms with Gasteiger partial charge in [-0.3, -0.25) is 4.90 Å². The molecular weight excluding hydrogens is 248 g/mol. The minimum Gasteiger partial charge on any atom is -0.296 e. The van der Waals surface area contributed by atoms with Crippen molar-refractivity contribution in [2.24, 2.45) is 5.92 Å². The van der Waals surface area contributed by atoms with Crippen LogP contribution in [0.2, 0.25) is 0 Å². The summed E-state index contributed by atoms with van der Waals surface area (Å²) >= 11 is 5.85. The predicted molar refractivity (Wildman–Crippen MR) is 73.7 cm³/mol. The van der Waals surface area contributed by atoms with E-state index in [0.29, 0.717) is 6.04 Å². The molecular formula is C13H23ClN4. The fourth-order valence-corrected chi connectivity index (χ4v) is 3.01. The molecule has 2 rings (SSSR count). The number of piperidine rings is 1. The van der Waals surface area contributed by atoms with E-state index >= 15 is 0 Å². The first-order valence-electron chi connectivity index (χ1n) is 6.87. The van der Waals surface area contributed by atoms with Crippen LogP contribution in [0.4, 0.5) is 0 Å². The van der Waals surface area contributed by atoms with Crippen LogP contribution in [0.15, 0.2) is 6.33 Å². The topological polar surface area (TPSA) is 34.0 Å². The second-order valence-electron chi connectivity index (χ2n) is 5.44. The van der Waals surface area contributed by atoms with Gasteiger partial charge in [0.05, 0.1) is 6.54 Å². The lowest BCUT2D eigenvalue weighted by molar-refractivity contribution is 0.158. The van der Waals surface area contributed by atoms with Gasteiger partial charge in [-0.25, -0.2) is 9.67 Å². The summed E-state index contributed by atoms with van der Waals surface area (Å²) in [6.07, 6.45) is 5.39. The predicted octanol–water partition coefficient (Wildman–Crippen LogP) is 2.70. The van der Waals surface area contributed by atoms with E-state index in [9.17, 15) is 0 Å². The fourth-order valence-electron chi connectivity index (χ4n) is 2.70. The van der Waals surface area contributed by atoms with Crippen LogP contribution in [0.25, 0.3) is 0 Å². The first-order chi connectivity index (χ1) is 8.70. The molecule has 0 spiro atoms. The number of halogens is 1. The maximum absolute atomic E-state index is 5.85. The van der Waals surface area contributed by atoms with Crippen molar-refractivity contribution in [1.82, 2.24) is 19.7 Å². The van der Waals surface area contributed by atoms with E-state index < -0.39 is 0 Å². The van der Waals surface area contributed by atoms with Gasteiger partial charge in [-0.05, 0) is 45.6 Å². The van der Waals surface area contributed by atoms with Crippen molar-refractivity contribution in [3.05, 3.63) is 12.2 Å². The maximum Gasteiger partial charge on any atom is 0.141 e. The monoisotopic (exact) mass is 270 g/mol. The molecule has 18 heavy (non-hydrogen) atoms. The van der Waals surface area contributed by atoms with E-state index in [1.807, 2.05) is 4.68 Å². The molecule has 0 aliphatic carbocycles. The van der Waals surface area contributed by atoms with Crippen molar-refractivity contribution < 1.29 is 0 Å². The third-order valence-electron chi connectivity index (χ3n) is 3.62. The SMILES string of the molecule is CC(C)n1ncnc1CN1CCCC(CCCl)C1. The Morgan fingerprint density at radius 3 is 3.06 bits per heavy atom. The minimum atomic E-state index is 0.380. The lowest BCUT2D eigenvalue weighted by Crippen LogP contribution is -2.36. The molecule has 1 aliphatic rings.